The molecule has 24 heavy (non-hydrogen) atoms. The number of para-hydroxylation sites is 1. The Hall–Kier alpha value is -1.88. The van der Waals surface area contributed by atoms with Crippen molar-refractivity contribution in [2.75, 3.05) is 32.8 Å². The van der Waals surface area contributed by atoms with E-state index in [9.17, 15) is 5.11 Å². The number of β-amino-alcohol motifs (C(OH)–C–C–N with tert-alkyl or cyclic N) is 1. The lowest BCUT2D eigenvalue weighted by atomic mass is 9.94. The Bertz CT molecular complexity index is 636. The molecule has 0 spiro atoms. The summed E-state index contributed by atoms with van der Waals surface area (Å²) in [7, 11) is 0. The van der Waals surface area contributed by atoms with E-state index >= 15 is 0 Å². The van der Waals surface area contributed by atoms with Gasteiger partial charge in [-0.15, -0.1) is 0 Å². The highest BCUT2D eigenvalue weighted by molar-refractivity contribution is 5.38. The topological polar surface area (TPSA) is 41.9 Å². The van der Waals surface area contributed by atoms with E-state index < -0.39 is 5.60 Å². The second kappa shape index (κ2) is 7.79. The van der Waals surface area contributed by atoms with Gasteiger partial charge in [-0.25, -0.2) is 0 Å². The van der Waals surface area contributed by atoms with Gasteiger partial charge in [0.1, 0.15) is 18.0 Å². The Balaban J connectivity index is 1.72. The second-order valence-electron chi connectivity index (χ2n) is 6.43. The number of aliphatic hydroxyl groups is 1. The molecule has 1 N–H and O–H groups in total. The zero-order valence-corrected chi connectivity index (χ0v) is 14.1. The van der Waals surface area contributed by atoms with Gasteiger partial charge in [-0.2, -0.15) is 0 Å². The number of nitrogens with zero attached hydrogens (tertiary/aromatic N) is 1. The predicted molar refractivity (Wildman–Crippen MR) is 94.0 cm³/mol. The first kappa shape index (κ1) is 17.0. The lowest BCUT2D eigenvalue weighted by Crippen LogP contribution is -2.44. The number of ether oxygens (including phenoxy) is 2. The van der Waals surface area contributed by atoms with E-state index in [0.29, 0.717) is 13.2 Å². The Morgan fingerprint density at radius 2 is 1.71 bits per heavy atom. The van der Waals surface area contributed by atoms with Gasteiger partial charge in [-0.3, -0.25) is 4.90 Å². The maximum absolute atomic E-state index is 11.1. The van der Waals surface area contributed by atoms with Crippen molar-refractivity contribution in [3.8, 4) is 5.75 Å². The van der Waals surface area contributed by atoms with E-state index in [2.05, 4.69) is 4.90 Å². The fraction of sp³-hybridized carbons (Fsp3) is 0.400. The van der Waals surface area contributed by atoms with Crippen molar-refractivity contribution in [3.63, 3.8) is 0 Å². The molecule has 1 saturated heterocycles. The summed E-state index contributed by atoms with van der Waals surface area (Å²) >= 11 is 0. The molecule has 0 bridgehead atoms. The van der Waals surface area contributed by atoms with Gasteiger partial charge >= 0.3 is 0 Å². The van der Waals surface area contributed by atoms with Crippen molar-refractivity contribution in [2.24, 2.45) is 0 Å². The third-order valence-corrected chi connectivity index (χ3v) is 4.34. The maximum Gasteiger partial charge on any atom is 0.125 e. The molecule has 0 radical (unpaired) electrons. The third-order valence-electron chi connectivity index (χ3n) is 4.34. The third kappa shape index (κ3) is 4.35. The van der Waals surface area contributed by atoms with Crippen LogP contribution in [0.3, 0.4) is 0 Å². The van der Waals surface area contributed by atoms with Crippen LogP contribution in [-0.2, 0) is 16.9 Å². The fourth-order valence-corrected chi connectivity index (χ4v) is 3.05. The van der Waals surface area contributed by atoms with E-state index in [-0.39, 0.29) is 0 Å². The molecule has 1 aliphatic rings. The summed E-state index contributed by atoms with van der Waals surface area (Å²) in [5.41, 5.74) is 0.970. The molecule has 4 heteroatoms. The molecule has 4 nitrogen and oxygen atoms in total. The van der Waals surface area contributed by atoms with Crippen molar-refractivity contribution in [2.45, 2.75) is 19.1 Å². The Morgan fingerprint density at radius 1 is 1.04 bits per heavy atom. The number of hydrogen-bond acceptors (Lipinski definition) is 4. The van der Waals surface area contributed by atoms with Crippen LogP contribution in [0, 0.1) is 0 Å². The monoisotopic (exact) mass is 327 g/mol. The van der Waals surface area contributed by atoms with Crippen molar-refractivity contribution in [1.82, 2.24) is 4.90 Å². The van der Waals surface area contributed by atoms with Gasteiger partial charge in [0.15, 0.2) is 0 Å². The molecule has 1 atom stereocenters. The van der Waals surface area contributed by atoms with Gasteiger partial charge in [-0.1, -0.05) is 48.5 Å². The molecular weight excluding hydrogens is 302 g/mol. The molecule has 2 aromatic carbocycles. The first-order valence-corrected chi connectivity index (χ1v) is 8.44. The summed E-state index contributed by atoms with van der Waals surface area (Å²) < 4.78 is 11.4. The molecule has 1 unspecified atom stereocenters. The van der Waals surface area contributed by atoms with Crippen molar-refractivity contribution < 1.29 is 14.6 Å². The summed E-state index contributed by atoms with van der Waals surface area (Å²) in [6.07, 6.45) is 0. The van der Waals surface area contributed by atoms with Crippen LogP contribution >= 0.6 is 0 Å². The van der Waals surface area contributed by atoms with Crippen LogP contribution in [0.5, 0.6) is 5.75 Å². The quantitative estimate of drug-likeness (QED) is 0.886. The van der Waals surface area contributed by atoms with Gasteiger partial charge < -0.3 is 14.6 Å². The summed E-state index contributed by atoms with van der Waals surface area (Å²) in [6, 6.07) is 17.8. The van der Waals surface area contributed by atoms with Crippen LogP contribution in [0.15, 0.2) is 54.6 Å². The summed E-state index contributed by atoms with van der Waals surface area (Å²) in [5.74, 6) is 0.736. The molecule has 1 heterocycles. The van der Waals surface area contributed by atoms with Crippen LogP contribution in [0.4, 0.5) is 0 Å². The zero-order valence-electron chi connectivity index (χ0n) is 14.1. The summed E-state index contributed by atoms with van der Waals surface area (Å²) in [4.78, 5) is 2.23. The van der Waals surface area contributed by atoms with E-state index in [1.54, 1.807) is 0 Å². The largest absolute Gasteiger partial charge is 0.489 e. The first-order chi connectivity index (χ1) is 11.6. The number of morpholine rings is 1. The van der Waals surface area contributed by atoms with Crippen LogP contribution in [0.1, 0.15) is 18.1 Å². The Kier molecular flexibility index (Phi) is 5.51. The van der Waals surface area contributed by atoms with E-state index in [1.807, 2.05) is 61.5 Å². The first-order valence-electron chi connectivity index (χ1n) is 8.44. The van der Waals surface area contributed by atoms with Crippen LogP contribution < -0.4 is 4.74 Å². The van der Waals surface area contributed by atoms with E-state index in [1.165, 1.54) is 0 Å². The number of hydrogen-bond donors (Lipinski definition) is 1. The summed E-state index contributed by atoms with van der Waals surface area (Å²) in [6.45, 7) is 6.07. The van der Waals surface area contributed by atoms with Gasteiger partial charge in [0.05, 0.1) is 13.2 Å². The molecule has 1 aliphatic heterocycles. The van der Waals surface area contributed by atoms with Crippen molar-refractivity contribution >= 4 is 0 Å². The minimum Gasteiger partial charge on any atom is -0.489 e. The van der Waals surface area contributed by atoms with E-state index in [0.717, 1.165) is 43.2 Å². The van der Waals surface area contributed by atoms with Crippen LogP contribution in [0.25, 0.3) is 0 Å². The van der Waals surface area contributed by atoms with Gasteiger partial charge in [0.25, 0.3) is 0 Å². The van der Waals surface area contributed by atoms with E-state index in [4.69, 9.17) is 9.47 Å². The predicted octanol–water partition coefficient (Wildman–Crippen LogP) is 2.81. The molecular formula is C20H25NO3. The molecule has 0 aromatic heterocycles. The molecule has 0 amide bonds. The lowest BCUT2D eigenvalue weighted by Gasteiger charge is -2.34. The average Bonchev–Trinajstić information content (AvgIpc) is 2.61. The zero-order chi connectivity index (χ0) is 16.8. The molecule has 0 aliphatic carbocycles. The fourth-order valence-electron chi connectivity index (χ4n) is 3.05. The average molecular weight is 327 g/mol. The van der Waals surface area contributed by atoms with Crippen LogP contribution in [-0.4, -0.2) is 42.9 Å². The van der Waals surface area contributed by atoms with Gasteiger partial charge in [0, 0.05) is 25.2 Å². The van der Waals surface area contributed by atoms with Crippen molar-refractivity contribution in [1.29, 1.82) is 0 Å². The Morgan fingerprint density at radius 3 is 2.46 bits per heavy atom. The lowest BCUT2D eigenvalue weighted by molar-refractivity contribution is -0.0266. The number of rotatable bonds is 6. The van der Waals surface area contributed by atoms with Crippen molar-refractivity contribution in [3.05, 3.63) is 65.7 Å². The highest BCUT2D eigenvalue weighted by atomic mass is 16.5. The standard InChI is InChI=1S/C20H25NO3/c1-20(22,16-21-11-13-23-14-12-21)18-9-5-6-10-19(18)24-15-17-7-3-2-4-8-17/h2-10,22H,11-16H2,1H3. The Labute approximate surface area is 143 Å². The minimum atomic E-state index is -0.968. The van der Waals surface area contributed by atoms with Crippen LogP contribution in [0.2, 0.25) is 0 Å². The molecule has 0 saturated carbocycles. The normalized spacial score (nSPS) is 18.1. The molecule has 128 valence electrons. The highest BCUT2D eigenvalue weighted by Gasteiger charge is 2.30. The molecule has 3 rings (SSSR count). The maximum atomic E-state index is 11.1. The van der Waals surface area contributed by atoms with Gasteiger partial charge in [-0.05, 0) is 18.6 Å². The molecule has 1 fully saturated rings. The SMILES string of the molecule is CC(O)(CN1CCOCC1)c1ccccc1OCc1ccccc1. The second-order valence-corrected chi connectivity index (χ2v) is 6.43. The highest BCUT2D eigenvalue weighted by Crippen LogP contribution is 2.31. The minimum absolute atomic E-state index is 0.492. The number of benzene rings is 2. The van der Waals surface area contributed by atoms with Gasteiger partial charge in [0.2, 0.25) is 0 Å². The smallest absolute Gasteiger partial charge is 0.125 e. The summed E-state index contributed by atoms with van der Waals surface area (Å²) in [5, 5.41) is 11.1. The molecule has 2 aromatic rings.